The van der Waals surface area contributed by atoms with Crippen LogP contribution in [0.5, 0.6) is 5.75 Å². The molecule has 0 unspecified atom stereocenters. The third-order valence-corrected chi connectivity index (χ3v) is 5.35. The summed E-state index contributed by atoms with van der Waals surface area (Å²) in [6, 6.07) is 16.6. The highest BCUT2D eigenvalue weighted by molar-refractivity contribution is 9.10. The summed E-state index contributed by atoms with van der Waals surface area (Å²) in [5, 5.41) is 9.69. The fraction of sp³-hybridized carbons (Fsp3) is 0.0952. The Morgan fingerprint density at radius 2 is 1.85 bits per heavy atom. The average molecular weight is 412 g/mol. The van der Waals surface area contributed by atoms with Crippen molar-refractivity contribution in [3.05, 3.63) is 82.1 Å². The smallest absolute Gasteiger partial charge is 0.258 e. The van der Waals surface area contributed by atoms with E-state index in [1.54, 1.807) is 23.1 Å². The molecule has 1 amide bonds. The van der Waals surface area contributed by atoms with E-state index in [0.29, 0.717) is 10.0 Å². The highest BCUT2D eigenvalue weighted by atomic mass is 79.9. The van der Waals surface area contributed by atoms with Gasteiger partial charge in [0.05, 0.1) is 16.2 Å². The van der Waals surface area contributed by atoms with Crippen molar-refractivity contribution < 1.29 is 14.3 Å². The minimum atomic E-state index is -0.324. The van der Waals surface area contributed by atoms with Crippen LogP contribution in [0.2, 0.25) is 0 Å². The molecule has 4 rings (SSSR count). The van der Waals surface area contributed by atoms with Gasteiger partial charge in [0.15, 0.2) is 0 Å². The molecule has 3 aromatic carbocycles. The number of carbonyl (C=O) groups is 1. The molecule has 1 aliphatic heterocycles. The minimum Gasteiger partial charge on any atom is -0.507 e. The number of rotatable bonds is 1. The van der Waals surface area contributed by atoms with Gasteiger partial charge in [-0.25, -0.2) is 4.39 Å². The van der Waals surface area contributed by atoms with Crippen molar-refractivity contribution in [3.8, 4) is 16.9 Å². The van der Waals surface area contributed by atoms with E-state index >= 15 is 0 Å². The molecule has 3 aromatic rings. The Balaban J connectivity index is 1.88. The molecule has 1 atom stereocenters. The van der Waals surface area contributed by atoms with Gasteiger partial charge in [0.1, 0.15) is 11.6 Å². The maximum Gasteiger partial charge on any atom is 0.258 e. The summed E-state index contributed by atoms with van der Waals surface area (Å²) in [5.74, 6) is -0.462. The van der Waals surface area contributed by atoms with Crippen molar-refractivity contribution >= 4 is 27.5 Å². The van der Waals surface area contributed by atoms with Crippen LogP contribution in [0.4, 0.5) is 10.1 Å². The largest absolute Gasteiger partial charge is 0.507 e. The summed E-state index contributed by atoms with van der Waals surface area (Å²) in [6.45, 7) is 1.89. The molecule has 3 nitrogen and oxygen atoms in total. The molecule has 0 aliphatic carbocycles. The molecule has 1 aliphatic rings. The zero-order valence-electron chi connectivity index (χ0n) is 13.9. The number of fused-ring (bicyclic) bond motifs is 3. The van der Waals surface area contributed by atoms with E-state index in [2.05, 4.69) is 15.9 Å². The number of benzene rings is 3. The Morgan fingerprint density at radius 1 is 1.08 bits per heavy atom. The van der Waals surface area contributed by atoms with E-state index in [0.717, 1.165) is 22.4 Å². The molecular weight excluding hydrogens is 397 g/mol. The van der Waals surface area contributed by atoms with E-state index < -0.39 is 0 Å². The van der Waals surface area contributed by atoms with Gasteiger partial charge in [-0.2, -0.15) is 0 Å². The monoisotopic (exact) mass is 411 g/mol. The van der Waals surface area contributed by atoms with Crippen molar-refractivity contribution in [1.82, 2.24) is 0 Å². The number of para-hydroxylation sites is 1. The number of nitrogens with zero attached hydrogens (tertiary/aromatic N) is 1. The number of phenolic OH excluding ortho intramolecular Hbond substituents is 1. The highest BCUT2D eigenvalue weighted by Crippen LogP contribution is 2.45. The van der Waals surface area contributed by atoms with Crippen molar-refractivity contribution in [3.63, 3.8) is 0 Å². The van der Waals surface area contributed by atoms with Crippen LogP contribution in [0.1, 0.15) is 28.9 Å². The van der Waals surface area contributed by atoms with Gasteiger partial charge >= 0.3 is 0 Å². The van der Waals surface area contributed by atoms with Crippen LogP contribution in [0.3, 0.4) is 0 Å². The number of aromatic hydroxyl groups is 1. The maximum absolute atomic E-state index is 13.9. The van der Waals surface area contributed by atoms with Crippen LogP contribution in [0.25, 0.3) is 11.1 Å². The Labute approximate surface area is 158 Å². The van der Waals surface area contributed by atoms with E-state index in [-0.39, 0.29) is 23.5 Å². The predicted molar refractivity (Wildman–Crippen MR) is 103 cm³/mol. The van der Waals surface area contributed by atoms with Crippen LogP contribution in [-0.4, -0.2) is 11.0 Å². The SMILES string of the molecule is C[C@H]1c2cc(F)ccc2-c2ccccc2N1C(=O)c1ccc(O)c(Br)c1. The van der Waals surface area contributed by atoms with Gasteiger partial charge < -0.3 is 10.0 Å². The van der Waals surface area contributed by atoms with Gasteiger partial charge in [-0.15, -0.1) is 0 Å². The van der Waals surface area contributed by atoms with Gasteiger partial charge in [-0.1, -0.05) is 24.3 Å². The van der Waals surface area contributed by atoms with Crippen LogP contribution in [0, 0.1) is 5.82 Å². The average Bonchev–Trinajstić information content (AvgIpc) is 2.64. The van der Waals surface area contributed by atoms with Crippen LogP contribution in [0.15, 0.2) is 65.1 Å². The number of hydrogen-bond acceptors (Lipinski definition) is 2. The number of phenols is 1. The molecule has 0 saturated heterocycles. The highest BCUT2D eigenvalue weighted by Gasteiger charge is 2.33. The van der Waals surface area contributed by atoms with Gasteiger partial charge in [-0.3, -0.25) is 4.79 Å². The molecule has 1 heterocycles. The number of hydrogen-bond donors (Lipinski definition) is 1. The van der Waals surface area contributed by atoms with Crippen molar-refractivity contribution in [2.75, 3.05) is 4.90 Å². The first-order valence-corrected chi connectivity index (χ1v) is 8.97. The third kappa shape index (κ3) is 2.59. The maximum atomic E-state index is 13.9. The molecule has 0 radical (unpaired) electrons. The lowest BCUT2D eigenvalue weighted by Crippen LogP contribution is -2.36. The van der Waals surface area contributed by atoms with E-state index in [9.17, 15) is 14.3 Å². The zero-order chi connectivity index (χ0) is 18.4. The fourth-order valence-electron chi connectivity index (χ4n) is 3.45. The number of anilines is 1. The van der Waals surface area contributed by atoms with Crippen molar-refractivity contribution in [2.24, 2.45) is 0 Å². The number of carbonyl (C=O) groups excluding carboxylic acids is 1. The van der Waals surface area contributed by atoms with E-state index in [4.69, 9.17) is 0 Å². The second-order valence-corrected chi connectivity index (χ2v) is 7.12. The van der Waals surface area contributed by atoms with E-state index in [1.165, 1.54) is 18.2 Å². The molecule has 5 heteroatoms. The van der Waals surface area contributed by atoms with Gasteiger partial charge in [0.25, 0.3) is 5.91 Å². The first-order chi connectivity index (χ1) is 12.5. The van der Waals surface area contributed by atoms with Crippen LogP contribution >= 0.6 is 15.9 Å². The molecule has 26 heavy (non-hydrogen) atoms. The Morgan fingerprint density at radius 3 is 2.62 bits per heavy atom. The summed E-state index contributed by atoms with van der Waals surface area (Å²) < 4.78 is 14.3. The fourth-order valence-corrected chi connectivity index (χ4v) is 3.83. The molecule has 0 aromatic heterocycles. The summed E-state index contributed by atoms with van der Waals surface area (Å²) >= 11 is 3.25. The Bertz CT molecular complexity index is 1030. The lowest BCUT2D eigenvalue weighted by atomic mass is 9.88. The Hall–Kier alpha value is -2.66. The standard InChI is InChI=1S/C21H15BrFNO2/c1-12-17-11-14(23)7-8-15(17)16-4-2-3-5-19(16)24(12)21(26)13-6-9-20(25)18(22)10-13/h2-12,25H,1H3/t12-/m0/s1. The van der Waals surface area contributed by atoms with Crippen LogP contribution in [-0.2, 0) is 0 Å². The second-order valence-electron chi connectivity index (χ2n) is 6.27. The molecule has 0 fully saturated rings. The number of amides is 1. The second kappa shape index (κ2) is 6.25. The third-order valence-electron chi connectivity index (χ3n) is 4.72. The van der Waals surface area contributed by atoms with Gasteiger partial charge in [0.2, 0.25) is 0 Å². The summed E-state index contributed by atoms with van der Waals surface area (Å²) in [7, 11) is 0. The van der Waals surface area contributed by atoms with Crippen molar-refractivity contribution in [2.45, 2.75) is 13.0 Å². The predicted octanol–water partition coefficient (Wildman–Crippen LogP) is 5.68. The van der Waals surface area contributed by atoms with Gasteiger partial charge in [-0.05, 0) is 70.4 Å². The number of halogens is 2. The van der Waals surface area contributed by atoms with E-state index in [1.807, 2.05) is 31.2 Å². The molecule has 1 N–H and O–H groups in total. The molecular formula is C21H15BrFNO2. The molecule has 0 saturated carbocycles. The lowest BCUT2D eigenvalue weighted by molar-refractivity contribution is 0.0977. The lowest BCUT2D eigenvalue weighted by Gasteiger charge is -2.37. The topological polar surface area (TPSA) is 40.5 Å². The zero-order valence-corrected chi connectivity index (χ0v) is 15.5. The summed E-state index contributed by atoms with van der Waals surface area (Å²) in [4.78, 5) is 14.9. The minimum absolute atomic E-state index is 0.0704. The van der Waals surface area contributed by atoms with Gasteiger partial charge in [0, 0.05) is 11.1 Å². The first kappa shape index (κ1) is 16.8. The molecule has 130 valence electrons. The Kier molecular flexibility index (Phi) is 4.04. The molecule has 0 spiro atoms. The summed E-state index contributed by atoms with van der Waals surface area (Å²) in [5.41, 5.74) is 3.83. The first-order valence-electron chi connectivity index (χ1n) is 8.18. The molecule has 0 bridgehead atoms. The summed E-state index contributed by atoms with van der Waals surface area (Å²) in [6.07, 6.45) is 0. The quantitative estimate of drug-likeness (QED) is 0.559. The van der Waals surface area contributed by atoms with Crippen LogP contribution < -0.4 is 4.90 Å². The van der Waals surface area contributed by atoms with Crippen molar-refractivity contribution in [1.29, 1.82) is 0 Å². The normalized spacial score (nSPS) is 15.3.